The number of Topliss-reactive ketones (excluding diaryl/α,β-unsaturated/α-hetero) is 1. The first-order valence-electron chi connectivity index (χ1n) is 6.80. The van der Waals surface area contributed by atoms with Gasteiger partial charge in [0, 0.05) is 12.7 Å². The molecule has 1 atom stereocenters. The van der Waals surface area contributed by atoms with Gasteiger partial charge in [-0.25, -0.2) is 0 Å². The highest BCUT2D eigenvalue weighted by atomic mass is 16.5. The van der Waals surface area contributed by atoms with Crippen molar-refractivity contribution in [2.24, 2.45) is 0 Å². The van der Waals surface area contributed by atoms with E-state index in [2.05, 4.69) is 5.32 Å². The Kier molecular flexibility index (Phi) is 5.36. The Morgan fingerprint density at radius 1 is 1.26 bits per heavy atom. The summed E-state index contributed by atoms with van der Waals surface area (Å²) in [4.78, 5) is 12.2. The van der Waals surface area contributed by atoms with Crippen molar-refractivity contribution in [2.45, 2.75) is 25.3 Å². The van der Waals surface area contributed by atoms with Crippen molar-refractivity contribution < 1.29 is 14.3 Å². The van der Waals surface area contributed by atoms with Crippen LogP contribution in [-0.4, -0.2) is 38.7 Å². The monoisotopic (exact) mass is 263 g/mol. The molecule has 1 fully saturated rings. The minimum absolute atomic E-state index is 0.0194. The second-order valence-electron chi connectivity index (χ2n) is 4.73. The number of hydrogen-bond acceptors (Lipinski definition) is 4. The van der Waals surface area contributed by atoms with E-state index in [0.717, 1.165) is 37.1 Å². The molecular formula is C15H21NO3. The summed E-state index contributed by atoms with van der Waals surface area (Å²) in [5, 5.41) is 3.28. The second-order valence-corrected chi connectivity index (χ2v) is 4.73. The third-order valence-corrected chi connectivity index (χ3v) is 3.32. The van der Waals surface area contributed by atoms with Crippen LogP contribution in [0.4, 0.5) is 0 Å². The zero-order valence-corrected chi connectivity index (χ0v) is 11.4. The van der Waals surface area contributed by atoms with Crippen LogP contribution in [0.25, 0.3) is 0 Å². The van der Waals surface area contributed by atoms with Crippen LogP contribution in [-0.2, 0) is 4.74 Å². The van der Waals surface area contributed by atoms with Gasteiger partial charge in [-0.15, -0.1) is 0 Å². The molecule has 0 amide bonds. The maximum absolute atomic E-state index is 12.2. The van der Waals surface area contributed by atoms with Gasteiger partial charge >= 0.3 is 0 Å². The summed E-state index contributed by atoms with van der Waals surface area (Å²) < 4.78 is 10.4. The van der Waals surface area contributed by atoms with E-state index in [1.807, 2.05) is 24.3 Å². The molecule has 104 valence electrons. The number of nitrogens with one attached hydrogen (secondary N) is 1. The van der Waals surface area contributed by atoms with Gasteiger partial charge in [0.05, 0.1) is 12.6 Å². The Bertz CT molecular complexity index is 396. The van der Waals surface area contributed by atoms with E-state index in [4.69, 9.17) is 9.47 Å². The van der Waals surface area contributed by atoms with Gasteiger partial charge in [0.2, 0.25) is 0 Å². The van der Waals surface area contributed by atoms with Crippen molar-refractivity contribution in [3.8, 4) is 5.75 Å². The molecule has 0 spiro atoms. The molecule has 1 saturated heterocycles. The van der Waals surface area contributed by atoms with Crippen LogP contribution >= 0.6 is 0 Å². The van der Waals surface area contributed by atoms with Crippen molar-refractivity contribution >= 4 is 5.78 Å². The molecule has 2 rings (SSSR count). The molecule has 19 heavy (non-hydrogen) atoms. The molecular weight excluding hydrogens is 242 g/mol. The average molecular weight is 263 g/mol. The van der Waals surface area contributed by atoms with Crippen LogP contribution in [0.2, 0.25) is 0 Å². The topological polar surface area (TPSA) is 47.6 Å². The lowest BCUT2D eigenvalue weighted by Gasteiger charge is -2.22. The van der Waals surface area contributed by atoms with E-state index in [1.165, 1.54) is 0 Å². The van der Waals surface area contributed by atoms with Crippen molar-refractivity contribution in [3.63, 3.8) is 0 Å². The van der Waals surface area contributed by atoms with Gasteiger partial charge in [0.15, 0.2) is 5.78 Å². The predicted octanol–water partition coefficient (Wildman–Crippen LogP) is 2.04. The smallest absolute Gasteiger partial charge is 0.179 e. The predicted molar refractivity (Wildman–Crippen MR) is 73.8 cm³/mol. The fraction of sp³-hybridized carbons (Fsp3) is 0.533. The standard InChI is InChI=1S/C15H21NO3/c1-18-10-11-19-13-7-5-12(6-8-13)15(17)14-4-2-3-9-16-14/h5-8,14,16H,2-4,9-11H2,1H3. The highest BCUT2D eigenvalue weighted by Gasteiger charge is 2.21. The molecule has 1 N–H and O–H groups in total. The van der Waals surface area contributed by atoms with Crippen LogP contribution in [0.15, 0.2) is 24.3 Å². The van der Waals surface area contributed by atoms with E-state index in [1.54, 1.807) is 7.11 Å². The maximum Gasteiger partial charge on any atom is 0.179 e. The number of piperidine rings is 1. The summed E-state index contributed by atoms with van der Waals surface area (Å²) in [6.45, 7) is 2.02. The quantitative estimate of drug-likeness (QED) is 0.630. The molecule has 1 aromatic carbocycles. The molecule has 0 aliphatic carbocycles. The second kappa shape index (κ2) is 7.26. The van der Waals surface area contributed by atoms with E-state index >= 15 is 0 Å². The van der Waals surface area contributed by atoms with Gasteiger partial charge in [-0.3, -0.25) is 4.79 Å². The zero-order chi connectivity index (χ0) is 13.5. The summed E-state index contributed by atoms with van der Waals surface area (Å²) in [6.07, 6.45) is 3.22. The van der Waals surface area contributed by atoms with E-state index < -0.39 is 0 Å². The lowest BCUT2D eigenvalue weighted by Crippen LogP contribution is -2.40. The van der Waals surface area contributed by atoms with Gasteiger partial charge in [0.1, 0.15) is 12.4 Å². The van der Waals surface area contributed by atoms with Crippen LogP contribution < -0.4 is 10.1 Å². The molecule has 4 nitrogen and oxygen atoms in total. The molecule has 1 aliphatic heterocycles. The molecule has 0 aromatic heterocycles. The third-order valence-electron chi connectivity index (χ3n) is 3.32. The van der Waals surface area contributed by atoms with Crippen molar-refractivity contribution in [2.75, 3.05) is 26.9 Å². The van der Waals surface area contributed by atoms with Crippen molar-refractivity contribution in [1.82, 2.24) is 5.32 Å². The van der Waals surface area contributed by atoms with Gasteiger partial charge in [-0.2, -0.15) is 0 Å². The van der Waals surface area contributed by atoms with Crippen LogP contribution in [0.5, 0.6) is 5.75 Å². The minimum Gasteiger partial charge on any atom is -0.491 e. The number of benzene rings is 1. The van der Waals surface area contributed by atoms with E-state index in [9.17, 15) is 4.79 Å². The highest BCUT2D eigenvalue weighted by molar-refractivity contribution is 6.00. The lowest BCUT2D eigenvalue weighted by atomic mass is 9.96. The van der Waals surface area contributed by atoms with Crippen LogP contribution in [0.1, 0.15) is 29.6 Å². The largest absolute Gasteiger partial charge is 0.491 e. The molecule has 1 unspecified atom stereocenters. The first-order chi connectivity index (χ1) is 9.31. The number of rotatable bonds is 6. The molecule has 1 aliphatic rings. The number of methoxy groups -OCH3 is 1. The molecule has 1 aromatic rings. The number of hydrogen-bond donors (Lipinski definition) is 1. The number of ketones is 1. The maximum atomic E-state index is 12.2. The Balaban J connectivity index is 1.91. The summed E-state index contributed by atoms with van der Waals surface area (Å²) in [5.74, 6) is 0.952. The molecule has 4 heteroatoms. The Hall–Kier alpha value is -1.39. The SMILES string of the molecule is COCCOc1ccc(C(=O)C2CCCCN2)cc1. The molecule has 1 heterocycles. The first-order valence-corrected chi connectivity index (χ1v) is 6.80. The summed E-state index contributed by atoms with van der Waals surface area (Å²) in [6, 6.07) is 7.33. The van der Waals surface area contributed by atoms with Crippen LogP contribution in [0, 0.1) is 0 Å². The summed E-state index contributed by atoms with van der Waals surface area (Å²) in [5.41, 5.74) is 0.749. The van der Waals surface area contributed by atoms with Crippen molar-refractivity contribution in [3.05, 3.63) is 29.8 Å². The van der Waals surface area contributed by atoms with E-state index in [-0.39, 0.29) is 11.8 Å². The molecule has 0 bridgehead atoms. The highest BCUT2D eigenvalue weighted by Crippen LogP contribution is 2.16. The zero-order valence-electron chi connectivity index (χ0n) is 11.4. The van der Waals surface area contributed by atoms with E-state index in [0.29, 0.717) is 13.2 Å². The Morgan fingerprint density at radius 3 is 2.68 bits per heavy atom. The average Bonchev–Trinajstić information content (AvgIpc) is 2.48. The molecule has 0 radical (unpaired) electrons. The van der Waals surface area contributed by atoms with Gasteiger partial charge in [0.25, 0.3) is 0 Å². The minimum atomic E-state index is -0.0194. The Labute approximate surface area is 114 Å². The number of ether oxygens (including phenoxy) is 2. The normalized spacial score (nSPS) is 19.1. The van der Waals surface area contributed by atoms with Crippen molar-refractivity contribution in [1.29, 1.82) is 0 Å². The Morgan fingerprint density at radius 2 is 2.05 bits per heavy atom. The number of carbonyl (C=O) groups is 1. The molecule has 0 saturated carbocycles. The van der Waals surface area contributed by atoms with Gasteiger partial charge in [-0.1, -0.05) is 6.42 Å². The summed E-state index contributed by atoms with van der Waals surface area (Å²) >= 11 is 0. The van der Waals surface area contributed by atoms with Crippen LogP contribution in [0.3, 0.4) is 0 Å². The summed E-state index contributed by atoms with van der Waals surface area (Å²) in [7, 11) is 1.64. The fourth-order valence-corrected chi connectivity index (χ4v) is 2.24. The first kappa shape index (κ1) is 14.0. The van der Waals surface area contributed by atoms with Gasteiger partial charge < -0.3 is 14.8 Å². The lowest BCUT2D eigenvalue weighted by molar-refractivity contribution is 0.0927. The third kappa shape index (κ3) is 4.04. The number of carbonyl (C=O) groups excluding carboxylic acids is 1. The van der Waals surface area contributed by atoms with Gasteiger partial charge in [-0.05, 0) is 43.7 Å². The fourth-order valence-electron chi connectivity index (χ4n) is 2.24.